The van der Waals surface area contributed by atoms with Crippen LogP contribution in [0.4, 0.5) is 5.69 Å². The van der Waals surface area contributed by atoms with Crippen LogP contribution in [0.15, 0.2) is 83.9 Å². The molecule has 168 valence electrons. The molecule has 0 aliphatic rings. The number of hydrogen-bond acceptors (Lipinski definition) is 4. The number of nitrogens with zero attached hydrogens (tertiary/aromatic N) is 2. The van der Waals surface area contributed by atoms with Crippen molar-refractivity contribution >= 4 is 58.2 Å². The summed E-state index contributed by atoms with van der Waals surface area (Å²) in [5.41, 5.74) is 3.97. The Labute approximate surface area is 216 Å². The topological polar surface area (TPSA) is 65.8 Å². The highest BCUT2D eigenvalue weighted by molar-refractivity contribution is 8.00. The van der Waals surface area contributed by atoms with E-state index in [9.17, 15) is 10.1 Å². The number of benzene rings is 3. The van der Waals surface area contributed by atoms with Crippen LogP contribution in [0.2, 0.25) is 15.1 Å². The maximum Gasteiger partial charge on any atom is 0.234 e. The van der Waals surface area contributed by atoms with Gasteiger partial charge in [0.2, 0.25) is 5.91 Å². The summed E-state index contributed by atoms with van der Waals surface area (Å²) in [4.78, 5) is 17.3. The number of halogens is 3. The van der Waals surface area contributed by atoms with Crippen LogP contribution in [0.3, 0.4) is 0 Å². The molecule has 0 aliphatic carbocycles. The Morgan fingerprint density at radius 2 is 1.65 bits per heavy atom. The van der Waals surface area contributed by atoms with E-state index in [0.717, 1.165) is 11.1 Å². The number of thioether (sulfide) groups is 1. The zero-order valence-corrected chi connectivity index (χ0v) is 20.6. The van der Waals surface area contributed by atoms with E-state index in [1.807, 2.05) is 36.4 Å². The molecule has 1 amide bonds. The van der Waals surface area contributed by atoms with Crippen LogP contribution in [-0.2, 0) is 4.79 Å². The van der Waals surface area contributed by atoms with Gasteiger partial charge in [-0.25, -0.2) is 4.98 Å². The maximum atomic E-state index is 12.6. The van der Waals surface area contributed by atoms with E-state index in [1.54, 1.807) is 42.5 Å². The normalized spacial score (nSPS) is 10.5. The smallest absolute Gasteiger partial charge is 0.234 e. The average Bonchev–Trinajstić information content (AvgIpc) is 2.85. The molecule has 0 atom stereocenters. The maximum absolute atomic E-state index is 12.6. The molecule has 1 heterocycles. The van der Waals surface area contributed by atoms with Gasteiger partial charge in [-0.2, -0.15) is 5.26 Å². The van der Waals surface area contributed by atoms with Gasteiger partial charge in [-0.05, 0) is 48.0 Å². The minimum Gasteiger partial charge on any atom is -0.325 e. The van der Waals surface area contributed by atoms with Gasteiger partial charge in [-0.1, -0.05) is 83.0 Å². The van der Waals surface area contributed by atoms with Gasteiger partial charge in [-0.15, -0.1) is 0 Å². The monoisotopic (exact) mass is 523 g/mol. The van der Waals surface area contributed by atoms with Crippen LogP contribution in [0.5, 0.6) is 0 Å². The van der Waals surface area contributed by atoms with Crippen molar-refractivity contribution in [3.63, 3.8) is 0 Å². The first-order valence-electron chi connectivity index (χ1n) is 10.1. The molecule has 1 N–H and O–H groups in total. The standard InChI is InChI=1S/C26H16Cl3N3OS/c27-18-7-9-19(10-8-18)31-25(33)15-34-26-21(14-30)20(17-6-11-22(28)23(29)12-17)13-24(32-26)16-4-2-1-3-5-16/h1-13H,15H2,(H,31,33). The predicted octanol–water partition coefficient (Wildman–Crippen LogP) is 7.98. The first-order valence-corrected chi connectivity index (χ1v) is 12.2. The molecule has 1 aromatic heterocycles. The third-order valence-electron chi connectivity index (χ3n) is 4.87. The lowest BCUT2D eigenvalue weighted by Crippen LogP contribution is -2.14. The van der Waals surface area contributed by atoms with Crippen LogP contribution < -0.4 is 5.32 Å². The van der Waals surface area contributed by atoms with Gasteiger partial charge in [-0.3, -0.25) is 4.79 Å². The highest BCUT2D eigenvalue weighted by Crippen LogP contribution is 2.36. The average molecular weight is 525 g/mol. The molecule has 3 aromatic carbocycles. The second-order valence-electron chi connectivity index (χ2n) is 7.19. The van der Waals surface area contributed by atoms with Crippen molar-refractivity contribution in [1.29, 1.82) is 5.26 Å². The second-order valence-corrected chi connectivity index (χ2v) is 9.40. The number of amides is 1. The lowest BCUT2D eigenvalue weighted by atomic mass is 9.99. The SMILES string of the molecule is N#Cc1c(-c2ccc(Cl)c(Cl)c2)cc(-c2ccccc2)nc1SCC(=O)Nc1ccc(Cl)cc1. The Hall–Kier alpha value is -3.01. The second kappa shape index (κ2) is 10.9. The number of nitriles is 1. The van der Waals surface area contributed by atoms with Crippen molar-refractivity contribution in [2.24, 2.45) is 0 Å². The van der Waals surface area contributed by atoms with Crippen LogP contribution >= 0.6 is 46.6 Å². The van der Waals surface area contributed by atoms with E-state index in [1.165, 1.54) is 11.8 Å². The first kappa shape index (κ1) is 24.1. The zero-order valence-electron chi connectivity index (χ0n) is 17.6. The largest absolute Gasteiger partial charge is 0.325 e. The minimum absolute atomic E-state index is 0.0728. The van der Waals surface area contributed by atoms with Gasteiger partial charge in [0.15, 0.2) is 0 Å². The van der Waals surface area contributed by atoms with Crippen molar-refractivity contribution in [1.82, 2.24) is 4.98 Å². The summed E-state index contributed by atoms with van der Waals surface area (Å²) >= 11 is 19.4. The van der Waals surface area contributed by atoms with Gasteiger partial charge in [0.25, 0.3) is 0 Å². The van der Waals surface area contributed by atoms with Crippen molar-refractivity contribution in [2.75, 3.05) is 11.1 Å². The van der Waals surface area contributed by atoms with Crippen LogP contribution in [-0.4, -0.2) is 16.6 Å². The Morgan fingerprint density at radius 1 is 0.912 bits per heavy atom. The summed E-state index contributed by atoms with van der Waals surface area (Å²) in [6, 6.07) is 25.8. The van der Waals surface area contributed by atoms with Gasteiger partial charge in [0, 0.05) is 21.8 Å². The summed E-state index contributed by atoms with van der Waals surface area (Å²) < 4.78 is 0. The summed E-state index contributed by atoms with van der Waals surface area (Å²) in [5, 5.41) is 14.7. The molecule has 0 fully saturated rings. The number of carbonyl (C=O) groups is 1. The predicted molar refractivity (Wildman–Crippen MR) is 141 cm³/mol. The fraction of sp³-hybridized carbons (Fsp3) is 0.0385. The number of carbonyl (C=O) groups excluding carboxylic acids is 1. The molecule has 0 aliphatic heterocycles. The molecule has 8 heteroatoms. The molecule has 34 heavy (non-hydrogen) atoms. The minimum atomic E-state index is -0.223. The van der Waals surface area contributed by atoms with Crippen molar-refractivity contribution in [3.05, 3.63) is 99.5 Å². The number of pyridine rings is 1. The Morgan fingerprint density at radius 3 is 2.32 bits per heavy atom. The van der Waals surface area contributed by atoms with E-state index in [0.29, 0.717) is 42.6 Å². The Bertz CT molecular complexity index is 1390. The highest BCUT2D eigenvalue weighted by Gasteiger charge is 2.18. The Kier molecular flexibility index (Phi) is 7.77. The third-order valence-corrected chi connectivity index (χ3v) is 6.83. The molecule has 0 bridgehead atoms. The molecule has 0 saturated heterocycles. The molecule has 0 radical (unpaired) electrons. The summed E-state index contributed by atoms with van der Waals surface area (Å²) in [6.07, 6.45) is 0. The summed E-state index contributed by atoms with van der Waals surface area (Å²) in [5.74, 6) is -0.150. The molecule has 4 nitrogen and oxygen atoms in total. The van der Waals surface area contributed by atoms with E-state index < -0.39 is 0 Å². The molecule has 0 saturated carbocycles. The fourth-order valence-corrected chi connectivity index (χ4v) is 4.47. The van der Waals surface area contributed by atoms with Gasteiger partial charge in [0.05, 0.1) is 27.1 Å². The van der Waals surface area contributed by atoms with Crippen molar-refractivity contribution in [2.45, 2.75) is 5.03 Å². The number of anilines is 1. The summed E-state index contributed by atoms with van der Waals surface area (Å²) in [7, 11) is 0. The number of rotatable bonds is 6. The van der Waals surface area contributed by atoms with Crippen LogP contribution in [0, 0.1) is 11.3 Å². The van der Waals surface area contributed by atoms with Gasteiger partial charge in [0.1, 0.15) is 11.1 Å². The zero-order chi connectivity index (χ0) is 24.1. The third kappa shape index (κ3) is 5.72. The molecule has 0 spiro atoms. The first-order chi connectivity index (χ1) is 16.4. The molecule has 0 unspecified atom stereocenters. The van der Waals surface area contributed by atoms with Crippen LogP contribution in [0.25, 0.3) is 22.4 Å². The number of hydrogen-bond donors (Lipinski definition) is 1. The fourth-order valence-electron chi connectivity index (χ4n) is 3.25. The Balaban J connectivity index is 1.70. The molecular weight excluding hydrogens is 509 g/mol. The molecule has 4 rings (SSSR count). The van der Waals surface area contributed by atoms with E-state index in [4.69, 9.17) is 39.8 Å². The van der Waals surface area contributed by atoms with E-state index in [-0.39, 0.29) is 11.7 Å². The van der Waals surface area contributed by atoms with Crippen molar-refractivity contribution in [3.8, 4) is 28.5 Å². The lowest BCUT2D eigenvalue weighted by molar-refractivity contribution is -0.113. The quantitative estimate of drug-likeness (QED) is 0.260. The van der Waals surface area contributed by atoms with E-state index >= 15 is 0 Å². The van der Waals surface area contributed by atoms with Crippen molar-refractivity contribution < 1.29 is 4.79 Å². The highest BCUT2D eigenvalue weighted by atomic mass is 35.5. The van der Waals surface area contributed by atoms with E-state index in [2.05, 4.69) is 11.4 Å². The number of nitrogens with one attached hydrogen (secondary N) is 1. The van der Waals surface area contributed by atoms with Gasteiger partial charge < -0.3 is 5.32 Å². The lowest BCUT2D eigenvalue weighted by Gasteiger charge is -2.13. The van der Waals surface area contributed by atoms with Crippen LogP contribution in [0.1, 0.15) is 5.56 Å². The van der Waals surface area contributed by atoms with Gasteiger partial charge >= 0.3 is 0 Å². The molecule has 4 aromatic rings. The molecular formula is C26H16Cl3N3OS. The number of aromatic nitrogens is 1. The summed E-state index contributed by atoms with van der Waals surface area (Å²) in [6.45, 7) is 0.